The van der Waals surface area contributed by atoms with Crippen molar-refractivity contribution < 1.29 is 13.5 Å². The second-order valence-electron chi connectivity index (χ2n) is 11.1. The third-order valence-corrected chi connectivity index (χ3v) is 9.58. The standard InChI is InChI=1S/C32H33BrFN5O2S/c33-27-17-28-26(16-30(27)40-13-4-14-42-20-25-10-9-24(41-25)19-38-11-1-2-12-38)31-29(39(28)23-7-8-23)18-35-37-32(31)36-22-6-3-5-21(34)15-22/h3,5-6,9-10,15-18,23H,1-2,4,7-8,11-14,19-20H2,(H,36,37). The maximum atomic E-state index is 13.9. The fourth-order valence-electron chi connectivity index (χ4n) is 5.79. The fourth-order valence-corrected chi connectivity index (χ4v) is 7.06. The Labute approximate surface area is 256 Å². The maximum Gasteiger partial charge on any atom is 0.163 e. The van der Waals surface area contributed by atoms with Crippen molar-refractivity contribution in [3.8, 4) is 5.75 Å². The van der Waals surface area contributed by atoms with Crippen molar-refractivity contribution in [1.29, 1.82) is 0 Å². The Hall–Kier alpha value is -3.08. The van der Waals surface area contributed by atoms with E-state index in [9.17, 15) is 4.39 Å². The first kappa shape index (κ1) is 27.7. The summed E-state index contributed by atoms with van der Waals surface area (Å²) in [6, 6.07) is 15.3. The lowest BCUT2D eigenvalue weighted by atomic mass is 10.2. The van der Waals surface area contributed by atoms with Gasteiger partial charge in [0, 0.05) is 17.1 Å². The molecule has 4 heterocycles. The van der Waals surface area contributed by atoms with Crippen LogP contribution < -0.4 is 10.1 Å². The molecule has 218 valence electrons. The molecule has 0 amide bonds. The third kappa shape index (κ3) is 6.02. The number of ether oxygens (including phenoxy) is 1. The minimum absolute atomic E-state index is 0.301. The second kappa shape index (κ2) is 12.3. The molecule has 1 saturated carbocycles. The number of thioether (sulfide) groups is 1. The molecule has 1 N–H and O–H groups in total. The van der Waals surface area contributed by atoms with E-state index in [1.54, 1.807) is 6.07 Å². The summed E-state index contributed by atoms with van der Waals surface area (Å²) < 4.78 is 29.5. The molecule has 10 heteroatoms. The smallest absolute Gasteiger partial charge is 0.163 e. The summed E-state index contributed by atoms with van der Waals surface area (Å²) in [5.74, 6) is 5.08. The molecule has 0 radical (unpaired) electrons. The number of rotatable bonds is 12. The van der Waals surface area contributed by atoms with E-state index < -0.39 is 0 Å². The summed E-state index contributed by atoms with van der Waals surface area (Å²) in [4.78, 5) is 2.46. The first-order chi connectivity index (χ1) is 20.6. The number of aromatic nitrogens is 3. The summed E-state index contributed by atoms with van der Waals surface area (Å²) in [6.45, 7) is 3.89. The summed E-state index contributed by atoms with van der Waals surface area (Å²) in [7, 11) is 0. The van der Waals surface area contributed by atoms with E-state index in [2.05, 4.69) is 65.2 Å². The zero-order valence-corrected chi connectivity index (χ0v) is 25.7. The highest BCUT2D eigenvalue weighted by Gasteiger charge is 2.29. The Balaban J connectivity index is 1.03. The van der Waals surface area contributed by atoms with Gasteiger partial charge < -0.3 is 19.0 Å². The molecule has 0 spiro atoms. The molecule has 7 nitrogen and oxygen atoms in total. The SMILES string of the molecule is Fc1cccc(Nc2nncc3c2c2cc(OCCCSCc4ccc(CN5CCCC5)o4)c(Br)cc2n3C2CC2)c1. The third-order valence-electron chi connectivity index (χ3n) is 7.90. The minimum Gasteiger partial charge on any atom is -0.492 e. The topological polar surface area (TPSA) is 68.4 Å². The predicted octanol–water partition coefficient (Wildman–Crippen LogP) is 8.46. The first-order valence-electron chi connectivity index (χ1n) is 14.6. The molecule has 2 aromatic carbocycles. The lowest BCUT2D eigenvalue weighted by molar-refractivity contribution is 0.294. The van der Waals surface area contributed by atoms with Crippen molar-refractivity contribution in [2.45, 2.75) is 50.4 Å². The number of hydrogen-bond acceptors (Lipinski definition) is 7. The van der Waals surface area contributed by atoms with Gasteiger partial charge in [-0.25, -0.2) is 4.39 Å². The molecule has 0 atom stereocenters. The van der Waals surface area contributed by atoms with Crippen LogP contribution in [0.25, 0.3) is 21.8 Å². The van der Waals surface area contributed by atoms with Gasteiger partial charge in [-0.05, 0) is 109 Å². The van der Waals surface area contributed by atoms with Crippen molar-refractivity contribution in [2.24, 2.45) is 0 Å². The largest absolute Gasteiger partial charge is 0.492 e. The number of benzene rings is 2. The second-order valence-corrected chi connectivity index (χ2v) is 13.1. The van der Waals surface area contributed by atoms with E-state index in [4.69, 9.17) is 9.15 Å². The van der Waals surface area contributed by atoms with E-state index in [1.165, 1.54) is 38.1 Å². The molecule has 5 aromatic rings. The van der Waals surface area contributed by atoms with Crippen molar-refractivity contribution in [1.82, 2.24) is 19.7 Å². The number of likely N-dealkylation sites (tertiary alicyclic amines) is 1. The number of fused-ring (bicyclic) bond motifs is 3. The summed E-state index contributed by atoms with van der Waals surface area (Å²) >= 11 is 5.63. The Morgan fingerprint density at radius 3 is 2.76 bits per heavy atom. The van der Waals surface area contributed by atoms with Crippen LogP contribution in [0.3, 0.4) is 0 Å². The first-order valence-corrected chi connectivity index (χ1v) is 16.6. The van der Waals surface area contributed by atoms with Crippen molar-refractivity contribution in [2.75, 3.05) is 30.8 Å². The van der Waals surface area contributed by atoms with Crippen molar-refractivity contribution >= 4 is 61.0 Å². The number of furan rings is 1. The molecule has 1 aliphatic heterocycles. The fraction of sp³-hybridized carbons (Fsp3) is 0.375. The van der Waals surface area contributed by atoms with Gasteiger partial charge in [-0.3, -0.25) is 4.90 Å². The molecule has 7 rings (SSSR count). The Kier molecular flexibility index (Phi) is 8.10. The van der Waals surface area contributed by atoms with Crippen LogP contribution in [0.4, 0.5) is 15.9 Å². The van der Waals surface area contributed by atoms with Crippen LogP contribution in [0.1, 0.15) is 49.7 Å². The Morgan fingerprint density at radius 2 is 1.93 bits per heavy atom. The van der Waals surface area contributed by atoms with Gasteiger partial charge in [0.05, 0.1) is 46.0 Å². The summed E-state index contributed by atoms with van der Waals surface area (Å²) in [6.07, 6.45) is 7.62. The molecule has 1 aliphatic carbocycles. The molecule has 3 aromatic heterocycles. The van der Waals surface area contributed by atoms with Crippen LogP contribution in [0.15, 0.2) is 63.6 Å². The van der Waals surface area contributed by atoms with Crippen LogP contribution >= 0.6 is 27.7 Å². The number of anilines is 2. The molecule has 2 fully saturated rings. The lowest BCUT2D eigenvalue weighted by Crippen LogP contribution is -2.17. The number of hydrogen-bond donors (Lipinski definition) is 1. The number of nitrogens with zero attached hydrogens (tertiary/aromatic N) is 4. The van der Waals surface area contributed by atoms with Gasteiger partial charge in [0.2, 0.25) is 0 Å². The zero-order chi connectivity index (χ0) is 28.5. The average Bonchev–Trinajstić information content (AvgIpc) is 3.35. The van der Waals surface area contributed by atoms with Gasteiger partial charge in [-0.2, -0.15) is 16.9 Å². The van der Waals surface area contributed by atoms with Crippen molar-refractivity contribution in [3.05, 3.63) is 76.5 Å². The van der Waals surface area contributed by atoms with Gasteiger partial charge in [-0.1, -0.05) is 6.07 Å². The molecule has 42 heavy (non-hydrogen) atoms. The number of halogens is 2. The van der Waals surface area contributed by atoms with Crippen LogP contribution in [0, 0.1) is 5.82 Å². The van der Waals surface area contributed by atoms with Gasteiger partial charge in [-0.15, -0.1) is 5.10 Å². The Bertz CT molecular complexity index is 1710. The molecule has 1 saturated heterocycles. The van der Waals surface area contributed by atoms with E-state index in [0.29, 0.717) is 24.2 Å². The highest BCUT2D eigenvalue weighted by Crippen LogP contribution is 2.46. The average molecular weight is 651 g/mol. The molecular formula is C32H33BrFN5O2S. The highest BCUT2D eigenvalue weighted by atomic mass is 79.9. The summed E-state index contributed by atoms with van der Waals surface area (Å²) in [5.41, 5.74) is 2.76. The van der Waals surface area contributed by atoms with Crippen LogP contribution in [0.5, 0.6) is 5.75 Å². The number of nitrogens with one attached hydrogen (secondary N) is 1. The van der Waals surface area contributed by atoms with Gasteiger partial charge in [0.15, 0.2) is 5.82 Å². The quantitative estimate of drug-likeness (QED) is 0.136. The minimum atomic E-state index is -0.301. The van der Waals surface area contributed by atoms with E-state index >= 15 is 0 Å². The molecule has 0 bridgehead atoms. The van der Waals surface area contributed by atoms with Crippen LogP contribution in [0.2, 0.25) is 0 Å². The normalized spacial score (nSPS) is 15.7. The van der Waals surface area contributed by atoms with Crippen molar-refractivity contribution in [3.63, 3.8) is 0 Å². The van der Waals surface area contributed by atoms with Gasteiger partial charge in [0.1, 0.15) is 23.1 Å². The highest BCUT2D eigenvalue weighted by molar-refractivity contribution is 9.10. The summed E-state index contributed by atoms with van der Waals surface area (Å²) in [5, 5.41) is 14.0. The molecular weight excluding hydrogens is 617 g/mol. The van der Waals surface area contributed by atoms with E-state index in [1.807, 2.05) is 24.0 Å². The van der Waals surface area contributed by atoms with Crippen LogP contribution in [-0.4, -0.2) is 45.1 Å². The zero-order valence-electron chi connectivity index (χ0n) is 23.3. The van der Waals surface area contributed by atoms with Gasteiger partial charge in [0.25, 0.3) is 0 Å². The van der Waals surface area contributed by atoms with E-state index in [-0.39, 0.29) is 5.82 Å². The predicted molar refractivity (Wildman–Crippen MR) is 170 cm³/mol. The molecule has 0 unspecified atom stereocenters. The Morgan fingerprint density at radius 1 is 1.07 bits per heavy atom. The van der Waals surface area contributed by atoms with Gasteiger partial charge >= 0.3 is 0 Å². The molecule has 2 aliphatic rings. The maximum absolute atomic E-state index is 13.9. The lowest BCUT2D eigenvalue weighted by Gasteiger charge is -2.11. The van der Waals surface area contributed by atoms with Crippen LogP contribution in [-0.2, 0) is 12.3 Å². The van der Waals surface area contributed by atoms with E-state index in [0.717, 1.165) is 80.9 Å². The monoisotopic (exact) mass is 649 g/mol.